The molecule has 0 spiro atoms. The van der Waals surface area contributed by atoms with E-state index in [1.165, 1.54) is 6.07 Å². The molecule has 1 aromatic heterocycles. The van der Waals surface area contributed by atoms with Gasteiger partial charge in [0.05, 0.1) is 0 Å². The van der Waals surface area contributed by atoms with Crippen LogP contribution < -0.4 is 10.1 Å². The summed E-state index contributed by atoms with van der Waals surface area (Å²) >= 11 is 0. The van der Waals surface area contributed by atoms with Crippen molar-refractivity contribution in [2.45, 2.75) is 33.2 Å². The number of carbonyl (C=O) groups excluding carboxylic acids is 1. The highest BCUT2D eigenvalue weighted by molar-refractivity contribution is 5.95. The van der Waals surface area contributed by atoms with Gasteiger partial charge in [-0.2, -0.15) is 0 Å². The van der Waals surface area contributed by atoms with E-state index in [0.717, 1.165) is 0 Å². The molecule has 0 fully saturated rings. The molecule has 0 saturated heterocycles. The maximum atomic E-state index is 12.0. The van der Waals surface area contributed by atoms with Crippen molar-refractivity contribution < 1.29 is 19.4 Å². The van der Waals surface area contributed by atoms with Crippen molar-refractivity contribution in [2.75, 3.05) is 0 Å². The van der Waals surface area contributed by atoms with Gasteiger partial charge in [-0.25, -0.2) is 9.78 Å². The molecule has 1 heterocycles. The minimum Gasteiger partial charge on any atom is -0.449 e. The van der Waals surface area contributed by atoms with Gasteiger partial charge in [0, 0.05) is 11.2 Å². The Bertz CT molecular complexity index is 477. The number of nitrogens with one attached hydrogen (secondary N) is 1. The second kappa shape index (κ2) is 5.03. The van der Waals surface area contributed by atoms with E-state index >= 15 is 0 Å². The Morgan fingerprint density at radius 3 is 2.44 bits per heavy atom. The van der Waals surface area contributed by atoms with Crippen molar-refractivity contribution in [3.05, 3.63) is 23.5 Å². The Hall–Kier alpha value is -2.11. The van der Waals surface area contributed by atoms with Crippen molar-refractivity contribution >= 4 is 12.1 Å². The highest BCUT2D eigenvalue weighted by Gasteiger charge is 2.21. The van der Waals surface area contributed by atoms with Crippen LogP contribution in [0.1, 0.15) is 37.0 Å². The number of rotatable bonds is 2. The lowest BCUT2D eigenvalue weighted by Gasteiger charge is -2.20. The highest BCUT2D eigenvalue weighted by atomic mass is 16.7. The first-order valence-electron chi connectivity index (χ1n) is 5.40. The van der Waals surface area contributed by atoms with Crippen LogP contribution in [0.4, 0.5) is 4.79 Å². The molecule has 98 valence electrons. The van der Waals surface area contributed by atoms with Crippen molar-refractivity contribution in [3.63, 3.8) is 0 Å². The maximum Gasteiger partial charge on any atom is 0.511 e. The summed E-state index contributed by atoms with van der Waals surface area (Å²) in [4.78, 5) is 26.5. The Morgan fingerprint density at radius 2 is 1.94 bits per heavy atom. The molecule has 2 N–H and O–H groups in total. The summed E-state index contributed by atoms with van der Waals surface area (Å²) in [7, 11) is 0. The lowest BCUT2D eigenvalue weighted by atomic mass is 10.1. The molecule has 6 nitrogen and oxygen atoms in total. The number of amides is 1. The number of aromatic nitrogens is 1. The predicted octanol–water partition coefficient (Wildman–Crippen LogP) is 1.98. The molecular weight excluding hydrogens is 236 g/mol. The number of ether oxygens (including phenoxy) is 1. The SMILES string of the molecule is Cc1ccc(OC(=O)O)c(C(=O)NC(C)(C)C)n1. The number of nitrogens with zero attached hydrogens (tertiary/aromatic N) is 1. The second-order valence-corrected chi connectivity index (χ2v) is 4.87. The van der Waals surface area contributed by atoms with Gasteiger partial charge in [0.1, 0.15) is 0 Å². The van der Waals surface area contributed by atoms with Gasteiger partial charge in [-0.05, 0) is 39.8 Å². The molecule has 0 aliphatic heterocycles. The van der Waals surface area contributed by atoms with Gasteiger partial charge in [0.2, 0.25) is 0 Å². The molecule has 1 amide bonds. The van der Waals surface area contributed by atoms with Gasteiger partial charge >= 0.3 is 6.16 Å². The first-order valence-corrected chi connectivity index (χ1v) is 5.40. The average molecular weight is 252 g/mol. The summed E-state index contributed by atoms with van der Waals surface area (Å²) in [6.45, 7) is 7.16. The first-order chi connectivity index (χ1) is 8.19. The van der Waals surface area contributed by atoms with Crippen LogP contribution in [-0.2, 0) is 0 Å². The van der Waals surface area contributed by atoms with E-state index < -0.39 is 17.6 Å². The van der Waals surface area contributed by atoms with Gasteiger partial charge < -0.3 is 15.2 Å². The topological polar surface area (TPSA) is 88.5 Å². The molecule has 0 radical (unpaired) electrons. The number of pyridine rings is 1. The van der Waals surface area contributed by atoms with Crippen molar-refractivity contribution in [1.29, 1.82) is 0 Å². The summed E-state index contributed by atoms with van der Waals surface area (Å²) in [5.41, 5.74) is 0.127. The van der Waals surface area contributed by atoms with Gasteiger partial charge in [0.15, 0.2) is 11.4 Å². The van der Waals surface area contributed by atoms with Crippen molar-refractivity contribution in [3.8, 4) is 5.75 Å². The van der Waals surface area contributed by atoms with E-state index in [9.17, 15) is 9.59 Å². The number of carbonyl (C=O) groups is 2. The van der Waals surface area contributed by atoms with Gasteiger partial charge in [-0.1, -0.05) is 0 Å². The molecule has 0 unspecified atom stereocenters. The molecule has 0 saturated carbocycles. The van der Waals surface area contributed by atoms with Crippen LogP contribution >= 0.6 is 0 Å². The van der Waals surface area contributed by atoms with Crippen LogP contribution in [0.15, 0.2) is 12.1 Å². The van der Waals surface area contributed by atoms with E-state index in [0.29, 0.717) is 5.69 Å². The quantitative estimate of drug-likeness (QED) is 0.785. The maximum absolute atomic E-state index is 12.0. The third-order valence-electron chi connectivity index (χ3n) is 1.90. The zero-order valence-corrected chi connectivity index (χ0v) is 10.8. The number of hydrogen-bond acceptors (Lipinski definition) is 4. The lowest BCUT2D eigenvalue weighted by molar-refractivity contribution is 0.0909. The monoisotopic (exact) mass is 252 g/mol. The fourth-order valence-electron chi connectivity index (χ4n) is 1.28. The third-order valence-corrected chi connectivity index (χ3v) is 1.90. The smallest absolute Gasteiger partial charge is 0.449 e. The summed E-state index contributed by atoms with van der Waals surface area (Å²) in [6.07, 6.45) is -1.48. The molecule has 0 bridgehead atoms. The fourth-order valence-corrected chi connectivity index (χ4v) is 1.28. The van der Waals surface area contributed by atoms with Crippen LogP contribution in [0.5, 0.6) is 5.75 Å². The normalized spacial score (nSPS) is 10.9. The van der Waals surface area contributed by atoms with E-state index in [4.69, 9.17) is 5.11 Å². The Morgan fingerprint density at radius 1 is 1.33 bits per heavy atom. The average Bonchev–Trinajstić information content (AvgIpc) is 2.17. The van der Waals surface area contributed by atoms with E-state index in [1.54, 1.807) is 13.0 Å². The zero-order chi connectivity index (χ0) is 13.9. The summed E-state index contributed by atoms with van der Waals surface area (Å²) in [5, 5.41) is 11.3. The van der Waals surface area contributed by atoms with E-state index in [1.807, 2.05) is 20.8 Å². The van der Waals surface area contributed by atoms with Gasteiger partial charge in [0.25, 0.3) is 5.91 Å². The van der Waals surface area contributed by atoms with Gasteiger partial charge in [-0.3, -0.25) is 4.79 Å². The Labute approximate surface area is 105 Å². The molecule has 0 aliphatic rings. The molecule has 18 heavy (non-hydrogen) atoms. The molecule has 6 heteroatoms. The Balaban J connectivity index is 3.08. The first kappa shape index (κ1) is 14.0. The van der Waals surface area contributed by atoms with Crippen LogP contribution in [-0.4, -0.2) is 27.7 Å². The minimum absolute atomic E-state index is 0.0349. The van der Waals surface area contributed by atoms with E-state index in [-0.39, 0.29) is 11.4 Å². The second-order valence-electron chi connectivity index (χ2n) is 4.87. The zero-order valence-electron chi connectivity index (χ0n) is 10.8. The van der Waals surface area contributed by atoms with Gasteiger partial charge in [-0.15, -0.1) is 0 Å². The molecule has 1 aromatic rings. The lowest BCUT2D eigenvalue weighted by Crippen LogP contribution is -2.41. The molecule has 0 aliphatic carbocycles. The highest BCUT2D eigenvalue weighted by Crippen LogP contribution is 2.18. The predicted molar refractivity (Wildman–Crippen MR) is 64.8 cm³/mol. The summed E-state index contributed by atoms with van der Waals surface area (Å²) in [6, 6.07) is 2.99. The molecule has 1 rings (SSSR count). The summed E-state index contributed by atoms with van der Waals surface area (Å²) in [5.74, 6) is -0.544. The number of aryl methyl sites for hydroxylation is 1. The molecule has 0 atom stereocenters. The van der Waals surface area contributed by atoms with Crippen LogP contribution in [0.25, 0.3) is 0 Å². The molecule has 0 aromatic carbocycles. The summed E-state index contributed by atoms with van der Waals surface area (Å²) < 4.78 is 4.53. The largest absolute Gasteiger partial charge is 0.511 e. The van der Waals surface area contributed by atoms with Crippen LogP contribution in [0, 0.1) is 6.92 Å². The van der Waals surface area contributed by atoms with E-state index in [2.05, 4.69) is 15.0 Å². The van der Waals surface area contributed by atoms with Crippen molar-refractivity contribution in [2.24, 2.45) is 0 Å². The van der Waals surface area contributed by atoms with Crippen LogP contribution in [0.2, 0.25) is 0 Å². The standard InChI is InChI=1S/C12H16N2O4/c1-7-5-6-8(18-11(16)17)9(13-7)10(15)14-12(2,3)4/h5-6H,1-4H3,(H,14,15)(H,16,17). The number of carboxylic acid groups (broad SMARTS) is 1. The third kappa shape index (κ3) is 4.04. The van der Waals surface area contributed by atoms with Crippen molar-refractivity contribution in [1.82, 2.24) is 10.3 Å². The fraction of sp³-hybridized carbons (Fsp3) is 0.417. The number of hydrogen-bond donors (Lipinski definition) is 2. The Kier molecular flexibility index (Phi) is 3.90. The minimum atomic E-state index is -1.48. The van der Waals surface area contributed by atoms with Crippen LogP contribution in [0.3, 0.4) is 0 Å². The molecular formula is C12H16N2O4.